The molecule has 0 aliphatic carbocycles. The lowest BCUT2D eigenvalue weighted by Crippen LogP contribution is -2.36. The second-order valence-corrected chi connectivity index (χ2v) is 9.25. The summed E-state index contributed by atoms with van der Waals surface area (Å²) in [4.78, 5) is 18.6. The van der Waals surface area contributed by atoms with E-state index in [1.54, 1.807) is 42.5 Å². The molecule has 1 aliphatic rings. The lowest BCUT2D eigenvalue weighted by atomic mass is 10.0. The Hall–Kier alpha value is -4.06. The molecule has 0 bridgehead atoms. The van der Waals surface area contributed by atoms with Gasteiger partial charge >= 0.3 is 6.03 Å². The fourth-order valence-corrected chi connectivity index (χ4v) is 4.58. The number of carbonyl (C=O) groups excluding carboxylic acids is 1. The molecule has 9 nitrogen and oxygen atoms in total. The summed E-state index contributed by atoms with van der Waals surface area (Å²) >= 11 is 0. The number of likely N-dealkylation sites (tertiary alicyclic amines) is 1. The number of halogens is 3. The Morgan fingerprint density at radius 2 is 1.87 bits per heavy atom. The number of piperidine rings is 1. The van der Waals surface area contributed by atoms with E-state index >= 15 is 0 Å². The van der Waals surface area contributed by atoms with Crippen LogP contribution < -0.4 is 16.0 Å². The van der Waals surface area contributed by atoms with Crippen molar-refractivity contribution in [2.24, 2.45) is 0 Å². The average molecular weight is 528 g/mol. The molecule has 0 saturated carbocycles. The van der Waals surface area contributed by atoms with Crippen molar-refractivity contribution < 1.29 is 22.5 Å². The smallest absolute Gasteiger partial charge is 0.319 e. The highest BCUT2D eigenvalue weighted by Gasteiger charge is 2.29. The maximum atomic E-state index is 14.9. The van der Waals surface area contributed by atoms with Crippen molar-refractivity contribution in [1.29, 1.82) is 0 Å². The van der Waals surface area contributed by atoms with Crippen molar-refractivity contribution >= 4 is 28.3 Å². The monoisotopic (exact) mass is 527 g/mol. The Morgan fingerprint density at radius 3 is 2.61 bits per heavy atom. The first kappa shape index (κ1) is 25.6. The molecule has 12 heteroatoms. The van der Waals surface area contributed by atoms with Crippen molar-refractivity contribution in [3.63, 3.8) is 0 Å². The largest absolute Gasteiger partial charge is 0.382 e. The highest BCUT2D eigenvalue weighted by molar-refractivity contribution is 5.96. The van der Waals surface area contributed by atoms with Crippen LogP contribution in [0.1, 0.15) is 25.0 Å². The number of amides is 2. The lowest BCUT2D eigenvalue weighted by molar-refractivity contribution is 0.0114. The number of para-hydroxylation sites is 1. The van der Waals surface area contributed by atoms with Gasteiger partial charge in [0.2, 0.25) is 18.0 Å². The molecule has 200 valence electrons. The number of carbonyl (C=O) groups is 1. The molecule has 2 amide bonds. The molecule has 1 unspecified atom stereocenters. The zero-order valence-electron chi connectivity index (χ0n) is 20.7. The van der Waals surface area contributed by atoms with Gasteiger partial charge in [0.25, 0.3) is 6.43 Å². The van der Waals surface area contributed by atoms with Crippen LogP contribution in [-0.2, 0) is 6.54 Å². The number of aromatic nitrogens is 3. The summed E-state index contributed by atoms with van der Waals surface area (Å²) in [6.07, 6.45) is -4.01. The van der Waals surface area contributed by atoms with Gasteiger partial charge in [0.15, 0.2) is 0 Å². The standard InChI is InChI=1S/C26H28F3N7O2/c1-35-12-10-17(11-13-35)31-19-8-5-9-20-18(19)14-21(36(20)24(29)23(27)28)25-33-22(38-34-25)15-30-26(37)32-16-6-3-2-4-7-16/h2-9,14,17,23-24,31H,10-13,15H2,1H3,(H2,30,32,37). The lowest BCUT2D eigenvalue weighted by Gasteiger charge is -2.30. The molecule has 5 rings (SSSR count). The number of hydrogen-bond acceptors (Lipinski definition) is 6. The van der Waals surface area contributed by atoms with Crippen molar-refractivity contribution in [1.82, 2.24) is 24.9 Å². The van der Waals surface area contributed by atoms with Crippen molar-refractivity contribution in [3.05, 3.63) is 60.5 Å². The minimum atomic E-state index is -3.26. The van der Waals surface area contributed by atoms with Gasteiger partial charge in [-0.2, -0.15) is 4.98 Å². The highest BCUT2D eigenvalue weighted by Crippen LogP contribution is 2.37. The Morgan fingerprint density at radius 1 is 1.11 bits per heavy atom. The van der Waals surface area contributed by atoms with Gasteiger partial charge in [-0.15, -0.1) is 0 Å². The summed E-state index contributed by atoms with van der Waals surface area (Å²) in [7, 11) is 2.07. The molecule has 1 atom stereocenters. The number of fused-ring (bicyclic) bond motifs is 1. The van der Waals surface area contributed by atoms with Crippen LogP contribution in [0.3, 0.4) is 0 Å². The molecule has 2 aromatic heterocycles. The SMILES string of the molecule is CN1CCC(Nc2cccc3c2cc(-c2noc(CNC(=O)Nc4ccccc4)n2)n3C(F)C(F)F)CC1. The van der Waals surface area contributed by atoms with E-state index in [1.165, 1.54) is 0 Å². The van der Waals surface area contributed by atoms with Crippen LogP contribution in [0.5, 0.6) is 0 Å². The number of anilines is 2. The van der Waals surface area contributed by atoms with Crippen LogP contribution in [0, 0.1) is 0 Å². The summed E-state index contributed by atoms with van der Waals surface area (Å²) in [5.41, 5.74) is 1.67. The number of nitrogens with one attached hydrogen (secondary N) is 3. The van der Waals surface area contributed by atoms with Crippen LogP contribution in [-0.4, -0.2) is 58.2 Å². The Labute approximate surface area is 217 Å². The maximum absolute atomic E-state index is 14.9. The molecule has 1 aliphatic heterocycles. The number of hydrogen-bond donors (Lipinski definition) is 3. The van der Waals surface area contributed by atoms with Crippen molar-refractivity contribution in [2.75, 3.05) is 30.8 Å². The molecular weight excluding hydrogens is 499 g/mol. The first-order valence-electron chi connectivity index (χ1n) is 12.3. The van der Waals surface area contributed by atoms with Gasteiger partial charge in [0.1, 0.15) is 0 Å². The van der Waals surface area contributed by atoms with Gasteiger partial charge in [-0.1, -0.05) is 29.4 Å². The normalized spacial score (nSPS) is 15.6. The third-order valence-electron chi connectivity index (χ3n) is 6.55. The molecule has 0 spiro atoms. The van der Waals surface area contributed by atoms with Crippen molar-refractivity contribution in [3.8, 4) is 11.5 Å². The number of nitrogens with zero attached hydrogens (tertiary/aromatic N) is 4. The zero-order chi connectivity index (χ0) is 26.6. The molecule has 2 aromatic carbocycles. The van der Waals surface area contributed by atoms with E-state index in [0.717, 1.165) is 36.2 Å². The first-order valence-corrected chi connectivity index (χ1v) is 12.3. The van der Waals surface area contributed by atoms with E-state index in [1.807, 2.05) is 12.1 Å². The van der Waals surface area contributed by atoms with Crippen LogP contribution in [0.2, 0.25) is 0 Å². The van der Waals surface area contributed by atoms with Gasteiger partial charge in [-0.25, -0.2) is 18.0 Å². The number of alkyl halides is 3. The summed E-state index contributed by atoms with van der Waals surface area (Å²) in [6, 6.07) is 15.3. The zero-order valence-corrected chi connectivity index (χ0v) is 20.7. The number of benzene rings is 2. The van der Waals surface area contributed by atoms with Crippen LogP contribution in [0.15, 0.2) is 59.1 Å². The molecule has 3 N–H and O–H groups in total. The minimum Gasteiger partial charge on any atom is -0.382 e. The summed E-state index contributed by atoms with van der Waals surface area (Å²) in [5, 5.41) is 13.2. The number of rotatable bonds is 8. The quantitative estimate of drug-likeness (QED) is 0.289. The average Bonchev–Trinajstić information content (AvgIpc) is 3.54. The van der Waals surface area contributed by atoms with E-state index in [2.05, 4.69) is 38.0 Å². The maximum Gasteiger partial charge on any atom is 0.319 e. The second kappa shape index (κ2) is 11.1. The third-order valence-corrected chi connectivity index (χ3v) is 6.55. The number of urea groups is 1. The summed E-state index contributed by atoms with van der Waals surface area (Å²) in [6.45, 7) is 1.78. The predicted molar refractivity (Wildman–Crippen MR) is 138 cm³/mol. The van der Waals surface area contributed by atoms with E-state index in [0.29, 0.717) is 11.1 Å². The minimum absolute atomic E-state index is 0.0390. The Bertz CT molecular complexity index is 1380. The van der Waals surface area contributed by atoms with E-state index in [-0.39, 0.29) is 35.5 Å². The predicted octanol–water partition coefficient (Wildman–Crippen LogP) is 5.25. The third kappa shape index (κ3) is 5.59. The Balaban J connectivity index is 1.39. The first-order chi connectivity index (χ1) is 18.4. The van der Waals surface area contributed by atoms with Gasteiger partial charge in [0.05, 0.1) is 17.8 Å². The topological polar surface area (TPSA) is 100 Å². The molecule has 1 fully saturated rings. The highest BCUT2D eigenvalue weighted by atomic mass is 19.3. The van der Waals surface area contributed by atoms with Gasteiger partial charge in [-0.05, 0) is 63.3 Å². The van der Waals surface area contributed by atoms with E-state index < -0.39 is 18.8 Å². The molecule has 38 heavy (non-hydrogen) atoms. The fraction of sp³-hybridized carbons (Fsp3) is 0.346. The fourth-order valence-electron chi connectivity index (χ4n) is 4.58. The molecule has 1 saturated heterocycles. The summed E-state index contributed by atoms with van der Waals surface area (Å²) < 4.78 is 48.2. The van der Waals surface area contributed by atoms with Crippen LogP contribution >= 0.6 is 0 Å². The van der Waals surface area contributed by atoms with E-state index in [4.69, 9.17) is 4.52 Å². The Kier molecular flexibility index (Phi) is 7.50. The van der Waals surface area contributed by atoms with E-state index in [9.17, 15) is 18.0 Å². The van der Waals surface area contributed by atoms with Crippen LogP contribution in [0.25, 0.3) is 22.4 Å². The molecule has 4 aromatic rings. The molecule has 0 radical (unpaired) electrons. The molecule has 3 heterocycles. The second-order valence-electron chi connectivity index (χ2n) is 9.25. The van der Waals surface area contributed by atoms with Gasteiger partial charge < -0.3 is 29.9 Å². The summed E-state index contributed by atoms with van der Waals surface area (Å²) in [5.74, 6) is -0.0212. The van der Waals surface area contributed by atoms with Gasteiger partial charge in [0, 0.05) is 22.8 Å². The van der Waals surface area contributed by atoms with Crippen molar-refractivity contribution in [2.45, 2.75) is 38.1 Å². The molecular formula is C26H28F3N7O2. The van der Waals surface area contributed by atoms with Gasteiger partial charge in [-0.3, -0.25) is 0 Å². The van der Waals surface area contributed by atoms with Crippen LogP contribution in [0.4, 0.5) is 29.3 Å².